The summed E-state index contributed by atoms with van der Waals surface area (Å²) < 4.78 is 0. The van der Waals surface area contributed by atoms with Crippen LogP contribution in [-0.4, -0.2) is 22.8 Å². The summed E-state index contributed by atoms with van der Waals surface area (Å²) in [5.74, 6) is 1.06. The molecule has 1 aromatic carbocycles. The number of fused-ring (bicyclic) bond motifs is 1. The Hall–Kier alpha value is -1.68. The number of benzene rings is 1. The molecule has 1 aliphatic rings. The van der Waals surface area contributed by atoms with E-state index in [1.807, 2.05) is 24.3 Å². The molecule has 1 saturated heterocycles. The fourth-order valence-electron chi connectivity index (χ4n) is 2.21. The highest BCUT2D eigenvalue weighted by Crippen LogP contribution is 2.25. The molecule has 2 unspecified atom stereocenters. The van der Waals surface area contributed by atoms with Crippen molar-refractivity contribution in [1.82, 2.24) is 15.3 Å². The van der Waals surface area contributed by atoms with Gasteiger partial charge in [0, 0.05) is 12.5 Å². The van der Waals surface area contributed by atoms with Crippen LogP contribution in [0.25, 0.3) is 11.0 Å². The van der Waals surface area contributed by atoms with Crippen LogP contribution in [0.5, 0.6) is 0 Å². The van der Waals surface area contributed by atoms with Gasteiger partial charge >= 0.3 is 0 Å². The monoisotopic (exact) mass is 215 g/mol. The first-order chi connectivity index (χ1) is 7.86. The Bertz CT molecular complexity index is 487. The predicted molar refractivity (Wildman–Crippen MR) is 61.0 cm³/mol. The van der Waals surface area contributed by atoms with E-state index in [9.17, 15) is 4.79 Å². The molecule has 0 saturated carbocycles. The summed E-state index contributed by atoms with van der Waals surface area (Å²) in [6.07, 6.45) is 1.86. The number of carbonyl (C=O) groups excluding carboxylic acids is 1. The van der Waals surface area contributed by atoms with Gasteiger partial charge in [0.15, 0.2) is 0 Å². The number of hydrogen-bond acceptors (Lipinski definition) is 3. The zero-order valence-electron chi connectivity index (χ0n) is 8.81. The number of imidazole rings is 1. The summed E-state index contributed by atoms with van der Waals surface area (Å²) in [7, 11) is 0. The number of aldehydes is 1. The molecule has 0 aliphatic carbocycles. The van der Waals surface area contributed by atoms with Crippen LogP contribution in [-0.2, 0) is 4.79 Å². The number of para-hydroxylation sites is 2. The van der Waals surface area contributed by atoms with E-state index >= 15 is 0 Å². The number of nitrogens with zero attached hydrogens (tertiary/aromatic N) is 1. The second kappa shape index (κ2) is 3.72. The van der Waals surface area contributed by atoms with Crippen molar-refractivity contribution >= 4 is 17.3 Å². The summed E-state index contributed by atoms with van der Waals surface area (Å²) in [5.41, 5.74) is 2.03. The average molecular weight is 215 g/mol. The molecule has 2 N–H and O–H groups in total. The molecule has 3 rings (SSSR count). The molecule has 2 heterocycles. The normalized spacial score (nSPS) is 25.0. The SMILES string of the molecule is O=CC1CNC(c2nc3ccccc3[nH]2)C1. The number of hydrogen-bond donors (Lipinski definition) is 2. The predicted octanol–water partition coefficient (Wildman–Crippen LogP) is 1.41. The van der Waals surface area contributed by atoms with Crippen molar-refractivity contribution in [3.63, 3.8) is 0 Å². The summed E-state index contributed by atoms with van der Waals surface area (Å²) in [4.78, 5) is 18.5. The number of H-pyrrole nitrogens is 1. The fraction of sp³-hybridized carbons (Fsp3) is 0.333. The molecule has 0 bridgehead atoms. The molecule has 1 aromatic heterocycles. The third-order valence-electron chi connectivity index (χ3n) is 3.10. The van der Waals surface area contributed by atoms with Crippen LogP contribution in [0.15, 0.2) is 24.3 Å². The lowest BCUT2D eigenvalue weighted by molar-refractivity contribution is -0.110. The summed E-state index contributed by atoms with van der Waals surface area (Å²) in [6, 6.07) is 8.14. The molecule has 2 atom stereocenters. The van der Waals surface area contributed by atoms with Gasteiger partial charge in [-0.15, -0.1) is 0 Å². The number of nitrogens with one attached hydrogen (secondary N) is 2. The highest BCUT2D eigenvalue weighted by atomic mass is 16.1. The zero-order valence-corrected chi connectivity index (χ0v) is 8.81. The van der Waals surface area contributed by atoms with Crippen LogP contribution in [0.4, 0.5) is 0 Å². The summed E-state index contributed by atoms with van der Waals surface area (Å²) >= 11 is 0. The van der Waals surface area contributed by atoms with Gasteiger partial charge in [-0.3, -0.25) is 0 Å². The van der Waals surface area contributed by atoms with E-state index in [1.54, 1.807) is 0 Å². The maximum atomic E-state index is 10.7. The highest BCUT2D eigenvalue weighted by Gasteiger charge is 2.26. The number of aromatic nitrogens is 2. The molecule has 1 aliphatic heterocycles. The van der Waals surface area contributed by atoms with Gasteiger partial charge in [0.25, 0.3) is 0 Å². The second-order valence-electron chi connectivity index (χ2n) is 4.23. The van der Waals surface area contributed by atoms with Crippen molar-refractivity contribution in [1.29, 1.82) is 0 Å². The maximum absolute atomic E-state index is 10.7. The standard InChI is InChI=1S/C12H13N3O/c16-7-8-5-11(13-6-8)12-14-9-3-1-2-4-10(9)15-12/h1-4,7-8,11,13H,5-6H2,(H,14,15). The third kappa shape index (κ3) is 1.51. The largest absolute Gasteiger partial charge is 0.341 e. The Morgan fingerprint density at radius 2 is 2.25 bits per heavy atom. The molecule has 4 heteroatoms. The first-order valence-corrected chi connectivity index (χ1v) is 5.50. The van der Waals surface area contributed by atoms with Gasteiger partial charge < -0.3 is 15.1 Å². The lowest BCUT2D eigenvalue weighted by atomic mass is 10.1. The van der Waals surface area contributed by atoms with Crippen LogP contribution in [0.1, 0.15) is 18.3 Å². The minimum absolute atomic E-state index is 0.123. The van der Waals surface area contributed by atoms with Crippen LogP contribution >= 0.6 is 0 Å². The van der Waals surface area contributed by atoms with Crippen molar-refractivity contribution in [3.05, 3.63) is 30.1 Å². The molecular formula is C12H13N3O. The van der Waals surface area contributed by atoms with Crippen molar-refractivity contribution in [2.45, 2.75) is 12.5 Å². The Kier molecular flexibility index (Phi) is 2.22. The van der Waals surface area contributed by atoms with E-state index in [0.29, 0.717) is 0 Å². The minimum Gasteiger partial charge on any atom is -0.341 e. The van der Waals surface area contributed by atoms with Gasteiger partial charge in [-0.25, -0.2) is 4.98 Å². The van der Waals surface area contributed by atoms with Crippen LogP contribution in [0.3, 0.4) is 0 Å². The van der Waals surface area contributed by atoms with Crippen molar-refractivity contribution in [2.75, 3.05) is 6.54 Å². The van der Waals surface area contributed by atoms with Crippen LogP contribution < -0.4 is 5.32 Å². The summed E-state index contributed by atoms with van der Waals surface area (Å²) in [6.45, 7) is 0.755. The number of carbonyl (C=O) groups is 1. The van der Waals surface area contributed by atoms with Gasteiger partial charge in [0.1, 0.15) is 12.1 Å². The van der Waals surface area contributed by atoms with Gasteiger partial charge in [0.05, 0.1) is 17.1 Å². The molecule has 4 nitrogen and oxygen atoms in total. The lowest BCUT2D eigenvalue weighted by Crippen LogP contribution is -2.14. The fourth-order valence-corrected chi connectivity index (χ4v) is 2.21. The van der Waals surface area contributed by atoms with E-state index in [-0.39, 0.29) is 12.0 Å². The van der Waals surface area contributed by atoms with E-state index in [0.717, 1.165) is 36.1 Å². The quantitative estimate of drug-likeness (QED) is 0.745. The topological polar surface area (TPSA) is 57.8 Å². The molecule has 82 valence electrons. The smallest absolute Gasteiger partial charge is 0.124 e. The van der Waals surface area contributed by atoms with Gasteiger partial charge in [-0.2, -0.15) is 0 Å². The molecule has 1 fully saturated rings. The maximum Gasteiger partial charge on any atom is 0.124 e. The first-order valence-electron chi connectivity index (χ1n) is 5.50. The van der Waals surface area contributed by atoms with Gasteiger partial charge in [-0.05, 0) is 18.6 Å². The average Bonchev–Trinajstić information content (AvgIpc) is 2.95. The molecule has 0 radical (unpaired) electrons. The van der Waals surface area contributed by atoms with Crippen molar-refractivity contribution in [3.8, 4) is 0 Å². The molecule has 16 heavy (non-hydrogen) atoms. The molecule has 0 spiro atoms. The first kappa shape index (κ1) is 9.54. The molecule has 0 amide bonds. The van der Waals surface area contributed by atoms with Crippen molar-refractivity contribution < 1.29 is 4.79 Å². The number of rotatable bonds is 2. The minimum atomic E-state index is 0.123. The highest BCUT2D eigenvalue weighted by molar-refractivity contribution is 5.74. The zero-order chi connectivity index (χ0) is 11.0. The van der Waals surface area contributed by atoms with E-state index in [2.05, 4.69) is 15.3 Å². The molecular weight excluding hydrogens is 202 g/mol. The Labute approximate surface area is 93.1 Å². The Morgan fingerprint density at radius 3 is 3.00 bits per heavy atom. The van der Waals surface area contributed by atoms with Gasteiger partial charge in [-0.1, -0.05) is 12.1 Å². The Balaban J connectivity index is 1.92. The lowest BCUT2D eigenvalue weighted by Gasteiger charge is -2.04. The van der Waals surface area contributed by atoms with E-state index < -0.39 is 0 Å². The second-order valence-corrected chi connectivity index (χ2v) is 4.23. The molecule has 2 aromatic rings. The van der Waals surface area contributed by atoms with Crippen molar-refractivity contribution in [2.24, 2.45) is 5.92 Å². The van der Waals surface area contributed by atoms with Crippen LogP contribution in [0, 0.1) is 5.92 Å². The van der Waals surface area contributed by atoms with E-state index in [4.69, 9.17) is 0 Å². The van der Waals surface area contributed by atoms with Crippen LogP contribution in [0.2, 0.25) is 0 Å². The Morgan fingerprint density at radius 1 is 1.38 bits per heavy atom. The summed E-state index contributed by atoms with van der Waals surface area (Å²) in [5, 5.41) is 3.31. The van der Waals surface area contributed by atoms with Gasteiger partial charge in [0.2, 0.25) is 0 Å². The van der Waals surface area contributed by atoms with E-state index in [1.165, 1.54) is 0 Å². The third-order valence-corrected chi connectivity index (χ3v) is 3.10. The number of aromatic amines is 1.